The third-order valence-corrected chi connectivity index (χ3v) is 4.27. The second kappa shape index (κ2) is 7.17. The van der Waals surface area contributed by atoms with E-state index in [1.807, 2.05) is 24.3 Å². The van der Waals surface area contributed by atoms with Gasteiger partial charge in [-0.05, 0) is 25.0 Å². The molecular formula is C15H20BrNO2. The highest BCUT2D eigenvalue weighted by molar-refractivity contribution is 9.10. The summed E-state index contributed by atoms with van der Waals surface area (Å²) in [5, 5.41) is 9.16. The van der Waals surface area contributed by atoms with Gasteiger partial charge >= 0.3 is 0 Å². The number of nitrogens with zero attached hydrogens (tertiary/aromatic N) is 1. The Morgan fingerprint density at radius 3 is 2.47 bits per heavy atom. The number of Topliss-reactive ketones (excluding diaryl/α,β-unsaturated/α-hetero) is 1. The highest BCUT2D eigenvalue weighted by Gasteiger charge is 2.24. The number of carbonyl (C=O) groups is 1. The summed E-state index contributed by atoms with van der Waals surface area (Å²) in [4.78, 5) is 14.4. The van der Waals surface area contributed by atoms with Gasteiger partial charge in [0.05, 0.1) is 13.2 Å². The van der Waals surface area contributed by atoms with Crippen LogP contribution in [-0.4, -0.2) is 41.5 Å². The summed E-state index contributed by atoms with van der Waals surface area (Å²) in [6.45, 7) is 1.11. The Balaban J connectivity index is 1.99. The number of benzene rings is 1. The number of hydrogen-bond acceptors (Lipinski definition) is 3. The topological polar surface area (TPSA) is 40.5 Å². The molecule has 0 spiro atoms. The van der Waals surface area contributed by atoms with E-state index < -0.39 is 0 Å². The third-order valence-electron chi connectivity index (χ3n) is 3.74. The van der Waals surface area contributed by atoms with Crippen LogP contribution in [0.5, 0.6) is 0 Å². The van der Waals surface area contributed by atoms with Crippen LogP contribution in [0.2, 0.25) is 0 Å². The van der Waals surface area contributed by atoms with Gasteiger partial charge in [0.15, 0.2) is 5.78 Å². The molecule has 19 heavy (non-hydrogen) atoms. The third kappa shape index (κ3) is 4.13. The summed E-state index contributed by atoms with van der Waals surface area (Å²) < 4.78 is 0.979. The van der Waals surface area contributed by atoms with Crippen molar-refractivity contribution in [2.75, 3.05) is 19.7 Å². The lowest BCUT2D eigenvalue weighted by Crippen LogP contribution is -2.39. The van der Waals surface area contributed by atoms with Crippen LogP contribution < -0.4 is 0 Å². The quantitative estimate of drug-likeness (QED) is 0.817. The molecule has 0 atom stereocenters. The number of halogens is 1. The molecular weight excluding hydrogens is 306 g/mol. The molecule has 1 fully saturated rings. The van der Waals surface area contributed by atoms with Crippen molar-refractivity contribution < 1.29 is 9.90 Å². The van der Waals surface area contributed by atoms with E-state index in [-0.39, 0.29) is 12.4 Å². The minimum atomic E-state index is 0.115. The molecule has 1 N–H and O–H groups in total. The normalized spacial score (nSPS) is 16.2. The zero-order valence-corrected chi connectivity index (χ0v) is 12.6. The van der Waals surface area contributed by atoms with E-state index in [4.69, 9.17) is 5.11 Å². The molecule has 1 aliphatic rings. The number of ketones is 1. The molecule has 0 aliphatic heterocycles. The smallest absolute Gasteiger partial charge is 0.176 e. The molecule has 2 rings (SSSR count). The fourth-order valence-electron chi connectivity index (χ4n) is 2.70. The van der Waals surface area contributed by atoms with Gasteiger partial charge in [-0.1, -0.05) is 40.9 Å². The van der Waals surface area contributed by atoms with E-state index in [1.165, 1.54) is 12.8 Å². The molecule has 0 bridgehead atoms. The van der Waals surface area contributed by atoms with Gasteiger partial charge in [-0.25, -0.2) is 0 Å². The van der Waals surface area contributed by atoms with Crippen molar-refractivity contribution in [3.8, 4) is 0 Å². The molecule has 0 saturated heterocycles. The molecule has 3 nitrogen and oxygen atoms in total. The van der Waals surface area contributed by atoms with E-state index in [0.29, 0.717) is 19.1 Å². The molecule has 4 heteroatoms. The molecule has 1 aromatic carbocycles. The second-order valence-corrected chi connectivity index (χ2v) is 5.98. The maximum Gasteiger partial charge on any atom is 0.176 e. The summed E-state index contributed by atoms with van der Waals surface area (Å²) in [5.41, 5.74) is 0.740. The van der Waals surface area contributed by atoms with Crippen LogP contribution in [0.25, 0.3) is 0 Å². The first-order valence-corrected chi connectivity index (χ1v) is 7.63. The number of hydrogen-bond donors (Lipinski definition) is 1. The van der Waals surface area contributed by atoms with Crippen LogP contribution in [-0.2, 0) is 0 Å². The summed E-state index contributed by atoms with van der Waals surface area (Å²) in [5.74, 6) is 0.132. The fraction of sp³-hybridized carbons (Fsp3) is 0.533. The number of carbonyl (C=O) groups excluding carboxylic acids is 1. The van der Waals surface area contributed by atoms with Crippen LogP contribution in [0.3, 0.4) is 0 Å². The molecule has 0 amide bonds. The predicted octanol–water partition coefficient (Wildman–Crippen LogP) is 2.87. The Labute approximate surface area is 122 Å². The van der Waals surface area contributed by atoms with E-state index in [9.17, 15) is 4.79 Å². The Morgan fingerprint density at radius 1 is 1.26 bits per heavy atom. The average molecular weight is 326 g/mol. The van der Waals surface area contributed by atoms with Crippen molar-refractivity contribution in [1.82, 2.24) is 4.90 Å². The standard InChI is InChI=1S/C15H20BrNO2/c16-13-7-5-12(6-8-13)15(19)11-17(9-10-18)14-3-1-2-4-14/h5-8,14,18H,1-4,9-11H2. The minimum Gasteiger partial charge on any atom is -0.395 e. The lowest BCUT2D eigenvalue weighted by Gasteiger charge is -2.27. The van der Waals surface area contributed by atoms with Gasteiger partial charge < -0.3 is 5.11 Å². The van der Waals surface area contributed by atoms with E-state index in [2.05, 4.69) is 20.8 Å². The lowest BCUT2D eigenvalue weighted by molar-refractivity contribution is 0.0862. The van der Waals surface area contributed by atoms with Gasteiger partial charge in [-0.2, -0.15) is 0 Å². The first kappa shape index (κ1) is 14.7. The SMILES string of the molecule is O=C(CN(CCO)C1CCCC1)c1ccc(Br)cc1. The van der Waals surface area contributed by atoms with Crippen molar-refractivity contribution in [2.45, 2.75) is 31.7 Å². The van der Waals surface area contributed by atoms with Crippen LogP contribution in [0.4, 0.5) is 0 Å². The predicted molar refractivity (Wildman–Crippen MR) is 79.4 cm³/mol. The molecule has 1 saturated carbocycles. The summed E-state index contributed by atoms with van der Waals surface area (Å²) in [6, 6.07) is 7.93. The average Bonchev–Trinajstić information content (AvgIpc) is 2.92. The molecule has 104 valence electrons. The Morgan fingerprint density at radius 2 is 1.89 bits per heavy atom. The van der Waals surface area contributed by atoms with Gasteiger partial charge in [0.2, 0.25) is 0 Å². The lowest BCUT2D eigenvalue weighted by atomic mass is 10.1. The second-order valence-electron chi connectivity index (χ2n) is 5.06. The summed E-state index contributed by atoms with van der Waals surface area (Å²) in [7, 11) is 0. The Hall–Kier alpha value is -0.710. The highest BCUT2D eigenvalue weighted by atomic mass is 79.9. The van der Waals surface area contributed by atoms with Gasteiger partial charge in [0, 0.05) is 22.6 Å². The van der Waals surface area contributed by atoms with Gasteiger partial charge in [-0.3, -0.25) is 9.69 Å². The van der Waals surface area contributed by atoms with Gasteiger partial charge in [0.1, 0.15) is 0 Å². The molecule has 0 heterocycles. The summed E-state index contributed by atoms with van der Waals surface area (Å²) >= 11 is 3.37. The largest absolute Gasteiger partial charge is 0.395 e. The minimum absolute atomic E-state index is 0.115. The Bertz CT molecular complexity index is 413. The molecule has 0 radical (unpaired) electrons. The summed E-state index contributed by atoms with van der Waals surface area (Å²) in [6.07, 6.45) is 4.76. The van der Waals surface area contributed by atoms with E-state index >= 15 is 0 Å². The molecule has 1 aromatic rings. The molecule has 1 aliphatic carbocycles. The van der Waals surface area contributed by atoms with Crippen molar-refractivity contribution in [1.29, 1.82) is 0 Å². The van der Waals surface area contributed by atoms with Crippen molar-refractivity contribution in [2.24, 2.45) is 0 Å². The van der Waals surface area contributed by atoms with Gasteiger partial charge in [-0.15, -0.1) is 0 Å². The van der Waals surface area contributed by atoms with Gasteiger partial charge in [0.25, 0.3) is 0 Å². The number of aliphatic hydroxyl groups excluding tert-OH is 1. The number of aliphatic hydroxyl groups is 1. The maximum absolute atomic E-state index is 12.3. The van der Waals surface area contributed by atoms with Crippen LogP contribution in [0, 0.1) is 0 Å². The van der Waals surface area contributed by atoms with Crippen LogP contribution >= 0.6 is 15.9 Å². The zero-order valence-electron chi connectivity index (χ0n) is 11.0. The van der Waals surface area contributed by atoms with Crippen molar-refractivity contribution in [3.63, 3.8) is 0 Å². The fourth-order valence-corrected chi connectivity index (χ4v) is 2.96. The van der Waals surface area contributed by atoms with E-state index in [0.717, 1.165) is 22.9 Å². The first-order chi connectivity index (χ1) is 9.20. The highest BCUT2D eigenvalue weighted by Crippen LogP contribution is 2.23. The Kier molecular flexibility index (Phi) is 5.55. The molecule has 0 aromatic heterocycles. The molecule has 0 unspecified atom stereocenters. The maximum atomic E-state index is 12.3. The first-order valence-electron chi connectivity index (χ1n) is 6.84. The monoisotopic (exact) mass is 325 g/mol. The zero-order chi connectivity index (χ0) is 13.7. The van der Waals surface area contributed by atoms with Crippen molar-refractivity contribution >= 4 is 21.7 Å². The number of rotatable bonds is 6. The van der Waals surface area contributed by atoms with Crippen LogP contribution in [0.15, 0.2) is 28.7 Å². The van der Waals surface area contributed by atoms with E-state index in [1.54, 1.807) is 0 Å². The van der Waals surface area contributed by atoms with Crippen LogP contribution in [0.1, 0.15) is 36.0 Å². The van der Waals surface area contributed by atoms with Crippen molar-refractivity contribution in [3.05, 3.63) is 34.3 Å².